The van der Waals surface area contributed by atoms with Crippen LogP contribution in [0.3, 0.4) is 0 Å². The fourth-order valence-corrected chi connectivity index (χ4v) is 4.81. The topological polar surface area (TPSA) is 104 Å². The lowest BCUT2D eigenvalue weighted by molar-refractivity contribution is 0.301. The van der Waals surface area contributed by atoms with Crippen molar-refractivity contribution in [3.63, 3.8) is 0 Å². The Kier molecular flexibility index (Phi) is 6.45. The quantitative estimate of drug-likeness (QED) is 0.381. The van der Waals surface area contributed by atoms with Crippen molar-refractivity contribution < 1.29 is 13.5 Å². The van der Waals surface area contributed by atoms with E-state index in [2.05, 4.69) is 20.2 Å². The summed E-state index contributed by atoms with van der Waals surface area (Å²) in [4.78, 5) is 0.153. The summed E-state index contributed by atoms with van der Waals surface area (Å²) in [6, 6.07) is 23.0. The molecule has 1 aromatic heterocycles. The third-order valence-corrected chi connectivity index (χ3v) is 6.75. The third-order valence-electron chi connectivity index (χ3n) is 5.15. The van der Waals surface area contributed by atoms with E-state index in [0.717, 1.165) is 16.3 Å². The average Bonchev–Trinajstić information content (AvgIpc) is 2.82. The summed E-state index contributed by atoms with van der Waals surface area (Å²) in [7, 11) is -3.75. The molecule has 32 heavy (non-hydrogen) atoms. The first-order valence-corrected chi connectivity index (χ1v) is 11.7. The minimum Gasteiger partial charge on any atom is -0.395 e. The molecule has 1 heterocycles. The number of benzene rings is 3. The highest BCUT2D eigenvalue weighted by atomic mass is 32.2. The molecule has 0 unspecified atom stereocenters. The van der Waals surface area contributed by atoms with E-state index in [-0.39, 0.29) is 18.0 Å². The number of sulfonamides is 1. The highest BCUT2D eigenvalue weighted by Gasteiger charge is 2.19. The van der Waals surface area contributed by atoms with E-state index in [1.807, 2.05) is 60.7 Å². The van der Waals surface area contributed by atoms with E-state index in [0.29, 0.717) is 29.2 Å². The molecule has 0 saturated carbocycles. The van der Waals surface area contributed by atoms with E-state index < -0.39 is 10.0 Å². The molecule has 0 fully saturated rings. The molecule has 0 bridgehead atoms. The molecule has 8 heteroatoms. The largest absolute Gasteiger partial charge is 0.395 e. The lowest BCUT2D eigenvalue weighted by Crippen LogP contribution is -2.27. The van der Waals surface area contributed by atoms with Gasteiger partial charge < -0.3 is 10.4 Å². The number of hydrogen-bond acceptors (Lipinski definition) is 6. The van der Waals surface area contributed by atoms with Crippen LogP contribution in [-0.2, 0) is 16.6 Å². The second kappa shape index (κ2) is 9.44. The van der Waals surface area contributed by atoms with Crippen LogP contribution in [0.2, 0.25) is 0 Å². The van der Waals surface area contributed by atoms with Crippen LogP contribution in [-0.4, -0.2) is 36.9 Å². The highest BCUT2D eigenvalue weighted by molar-refractivity contribution is 7.89. The maximum absolute atomic E-state index is 12.7. The zero-order valence-corrected chi connectivity index (χ0v) is 18.4. The van der Waals surface area contributed by atoms with Crippen molar-refractivity contribution in [3.8, 4) is 11.3 Å². The van der Waals surface area contributed by atoms with E-state index in [1.54, 1.807) is 19.1 Å². The molecule has 7 nitrogen and oxygen atoms in total. The minimum atomic E-state index is -3.75. The minimum absolute atomic E-state index is 0.0451. The Hall–Kier alpha value is -3.33. The zero-order chi connectivity index (χ0) is 22.6. The Morgan fingerprint density at radius 1 is 0.906 bits per heavy atom. The third kappa shape index (κ3) is 4.62. The second-order valence-electron chi connectivity index (χ2n) is 7.38. The van der Waals surface area contributed by atoms with E-state index in [4.69, 9.17) is 5.11 Å². The van der Waals surface area contributed by atoms with E-state index >= 15 is 0 Å². The lowest BCUT2D eigenvalue weighted by atomic mass is 10.0. The number of nitrogens with zero attached hydrogens (tertiary/aromatic N) is 2. The number of anilines is 1. The molecule has 0 aliphatic rings. The van der Waals surface area contributed by atoms with Crippen LogP contribution in [0.4, 0.5) is 5.82 Å². The van der Waals surface area contributed by atoms with Crippen molar-refractivity contribution in [2.75, 3.05) is 18.5 Å². The number of aliphatic hydroxyl groups excluding tert-OH is 1. The van der Waals surface area contributed by atoms with Gasteiger partial charge in [0, 0.05) is 29.4 Å². The summed E-state index contributed by atoms with van der Waals surface area (Å²) in [5, 5.41) is 22.9. The molecular formula is C24H24N4O3S. The number of rotatable bonds is 8. The molecule has 0 spiro atoms. The van der Waals surface area contributed by atoms with Gasteiger partial charge in [-0.05, 0) is 24.1 Å². The van der Waals surface area contributed by atoms with Crippen LogP contribution in [0, 0.1) is 6.92 Å². The predicted molar refractivity (Wildman–Crippen MR) is 126 cm³/mol. The fourth-order valence-electron chi connectivity index (χ4n) is 3.52. The maximum Gasteiger partial charge on any atom is 0.240 e. The van der Waals surface area contributed by atoms with E-state index in [9.17, 15) is 8.42 Å². The Bertz CT molecular complexity index is 1340. The highest BCUT2D eigenvalue weighted by Crippen LogP contribution is 2.31. The van der Waals surface area contributed by atoms with Crippen molar-refractivity contribution in [1.29, 1.82) is 0 Å². The average molecular weight is 449 g/mol. The van der Waals surface area contributed by atoms with Crippen LogP contribution >= 0.6 is 0 Å². The first-order chi connectivity index (χ1) is 15.5. The lowest BCUT2D eigenvalue weighted by Gasteiger charge is -2.13. The summed E-state index contributed by atoms with van der Waals surface area (Å²) < 4.78 is 27.7. The first kappa shape index (κ1) is 21.9. The van der Waals surface area contributed by atoms with Crippen LogP contribution in [0.1, 0.15) is 11.1 Å². The Morgan fingerprint density at radius 2 is 1.62 bits per heavy atom. The SMILES string of the molecule is Cc1ccc(-c2nnc(NCc3ccccc3)c3ccccc23)cc1S(=O)(=O)NCCO. The number of aliphatic hydroxyl groups is 1. The number of fused-ring (bicyclic) bond motifs is 1. The molecule has 4 aromatic rings. The van der Waals surface area contributed by atoms with Crippen LogP contribution in [0.5, 0.6) is 0 Å². The van der Waals surface area contributed by atoms with Gasteiger partial charge in [-0.15, -0.1) is 10.2 Å². The zero-order valence-electron chi connectivity index (χ0n) is 17.6. The van der Waals surface area contributed by atoms with Gasteiger partial charge in [-0.1, -0.05) is 66.7 Å². The first-order valence-electron chi connectivity index (χ1n) is 10.2. The summed E-state index contributed by atoms with van der Waals surface area (Å²) >= 11 is 0. The maximum atomic E-state index is 12.7. The van der Waals surface area contributed by atoms with Crippen molar-refractivity contribution in [1.82, 2.24) is 14.9 Å². The summed E-state index contributed by atoms with van der Waals surface area (Å²) in [5.74, 6) is 0.665. The van der Waals surface area contributed by atoms with Gasteiger partial charge in [0.25, 0.3) is 0 Å². The van der Waals surface area contributed by atoms with Gasteiger partial charge >= 0.3 is 0 Å². The monoisotopic (exact) mass is 448 g/mol. The number of aryl methyl sites for hydroxylation is 1. The van der Waals surface area contributed by atoms with Crippen molar-refractivity contribution in [2.45, 2.75) is 18.4 Å². The van der Waals surface area contributed by atoms with Gasteiger partial charge in [-0.2, -0.15) is 0 Å². The number of hydrogen-bond donors (Lipinski definition) is 3. The summed E-state index contributed by atoms with van der Waals surface area (Å²) in [6.45, 7) is 2.03. The second-order valence-corrected chi connectivity index (χ2v) is 9.12. The number of nitrogens with one attached hydrogen (secondary N) is 2. The van der Waals surface area contributed by atoms with Gasteiger partial charge in [-0.25, -0.2) is 13.1 Å². The number of aromatic nitrogens is 2. The molecule has 3 N–H and O–H groups in total. The van der Waals surface area contributed by atoms with Crippen LogP contribution < -0.4 is 10.0 Å². The molecule has 0 aliphatic carbocycles. The summed E-state index contributed by atoms with van der Waals surface area (Å²) in [5.41, 5.74) is 2.99. The van der Waals surface area contributed by atoms with Crippen molar-refractivity contribution in [3.05, 3.63) is 83.9 Å². The van der Waals surface area contributed by atoms with Crippen LogP contribution in [0.25, 0.3) is 22.0 Å². The molecule has 3 aromatic carbocycles. The summed E-state index contributed by atoms with van der Waals surface area (Å²) in [6.07, 6.45) is 0. The predicted octanol–water partition coefficient (Wildman–Crippen LogP) is 3.49. The van der Waals surface area contributed by atoms with Gasteiger partial charge in [0.2, 0.25) is 10.0 Å². The van der Waals surface area contributed by atoms with Crippen molar-refractivity contribution in [2.24, 2.45) is 0 Å². The van der Waals surface area contributed by atoms with Gasteiger partial charge in [0.15, 0.2) is 5.82 Å². The smallest absolute Gasteiger partial charge is 0.240 e. The molecule has 0 radical (unpaired) electrons. The fraction of sp³-hybridized carbons (Fsp3) is 0.167. The van der Waals surface area contributed by atoms with Gasteiger partial charge in [-0.3, -0.25) is 0 Å². The van der Waals surface area contributed by atoms with E-state index in [1.165, 1.54) is 0 Å². The molecule has 4 rings (SSSR count). The molecule has 0 aliphatic heterocycles. The van der Waals surface area contributed by atoms with Gasteiger partial charge in [0.05, 0.1) is 11.5 Å². The molecule has 164 valence electrons. The molecule has 0 saturated heterocycles. The molecule has 0 atom stereocenters. The van der Waals surface area contributed by atoms with Crippen LogP contribution in [0.15, 0.2) is 77.7 Å². The van der Waals surface area contributed by atoms with Crippen molar-refractivity contribution >= 4 is 26.6 Å². The molecular weight excluding hydrogens is 424 g/mol. The molecule has 0 amide bonds. The Balaban J connectivity index is 1.74. The van der Waals surface area contributed by atoms with Gasteiger partial charge in [0.1, 0.15) is 5.69 Å². The normalized spacial score (nSPS) is 11.6. The Labute approximate surface area is 187 Å². The standard InChI is InChI=1S/C24H24N4O3S/c1-17-11-12-19(15-22(17)32(30,31)26-13-14-29)23-20-9-5-6-10-21(20)24(28-27-23)25-16-18-7-3-2-4-8-18/h2-12,15,26,29H,13-14,16H2,1H3,(H,25,28). The Morgan fingerprint density at radius 3 is 2.38 bits per heavy atom.